The van der Waals surface area contributed by atoms with Gasteiger partial charge in [-0.15, -0.1) is 0 Å². The minimum absolute atomic E-state index is 0.0695. The Hall–Kier alpha value is -3.91. The average molecular weight is 502 g/mol. The third-order valence-electron chi connectivity index (χ3n) is 5.54. The van der Waals surface area contributed by atoms with Crippen LogP contribution in [0.3, 0.4) is 0 Å². The number of aliphatic imine (C=N–C) groups is 1. The van der Waals surface area contributed by atoms with E-state index in [9.17, 15) is 14.4 Å². The number of anilines is 1. The molecule has 3 aromatic carbocycles. The molecule has 0 aliphatic carbocycles. The maximum Gasteiger partial charge on any atom is 0.338 e. The Kier molecular flexibility index (Phi) is 8.52. The topological polar surface area (TPSA) is 88.1 Å². The molecular weight excluding hydrogens is 474 g/mol. The minimum Gasteiger partial charge on any atom is -0.462 e. The van der Waals surface area contributed by atoms with E-state index < -0.39 is 11.2 Å². The molecule has 36 heavy (non-hydrogen) atoms. The molecule has 1 aliphatic rings. The van der Waals surface area contributed by atoms with E-state index in [0.29, 0.717) is 41.7 Å². The van der Waals surface area contributed by atoms with Crippen LogP contribution in [-0.4, -0.2) is 46.3 Å². The quantitative estimate of drug-likeness (QED) is 0.436. The van der Waals surface area contributed by atoms with Crippen LogP contribution in [0.1, 0.15) is 29.3 Å². The SMILES string of the molecule is CCOC(=O)c1ccc(NC(=O)[C@@H]2CC(=O)N(CCc3ccccc3)C(=Nc3ccccc3)S2)cc1. The molecule has 1 N–H and O–H groups in total. The number of ether oxygens (including phenoxy) is 1. The third-order valence-corrected chi connectivity index (χ3v) is 6.73. The molecule has 0 radical (unpaired) electrons. The van der Waals surface area contributed by atoms with Gasteiger partial charge in [0.05, 0.1) is 17.9 Å². The Morgan fingerprint density at radius 2 is 1.67 bits per heavy atom. The Bertz CT molecular complexity index is 1230. The van der Waals surface area contributed by atoms with Crippen LogP contribution in [0.15, 0.2) is 89.9 Å². The number of nitrogens with one attached hydrogen (secondary N) is 1. The molecule has 0 aromatic heterocycles. The second-order valence-electron chi connectivity index (χ2n) is 8.11. The van der Waals surface area contributed by atoms with Crippen LogP contribution in [0.25, 0.3) is 0 Å². The predicted molar refractivity (Wildman–Crippen MR) is 142 cm³/mol. The summed E-state index contributed by atoms with van der Waals surface area (Å²) in [6, 6.07) is 25.8. The van der Waals surface area contributed by atoms with Gasteiger partial charge in [0, 0.05) is 18.7 Å². The van der Waals surface area contributed by atoms with Gasteiger partial charge >= 0.3 is 5.97 Å². The summed E-state index contributed by atoms with van der Waals surface area (Å²) in [7, 11) is 0. The standard InChI is InChI=1S/C28H27N3O4S/c1-2-35-27(34)21-13-15-23(16-14-21)29-26(33)24-19-25(32)31(18-17-20-9-5-3-6-10-20)28(36-24)30-22-11-7-4-8-12-22/h3-16,24H,2,17-19H2,1H3,(H,29,33)/t24-/m0/s1. The van der Waals surface area contributed by atoms with Crippen molar-refractivity contribution in [2.24, 2.45) is 4.99 Å². The molecular formula is C28H27N3O4S. The maximum atomic E-state index is 13.2. The summed E-state index contributed by atoms with van der Waals surface area (Å²) in [6.45, 7) is 2.51. The van der Waals surface area contributed by atoms with Crippen molar-refractivity contribution in [3.8, 4) is 0 Å². The van der Waals surface area contributed by atoms with Crippen molar-refractivity contribution in [2.75, 3.05) is 18.5 Å². The Morgan fingerprint density at radius 3 is 2.33 bits per heavy atom. The van der Waals surface area contributed by atoms with Crippen LogP contribution in [0.4, 0.5) is 11.4 Å². The summed E-state index contributed by atoms with van der Waals surface area (Å²) in [4.78, 5) is 44.5. The van der Waals surface area contributed by atoms with E-state index in [2.05, 4.69) is 5.32 Å². The smallest absolute Gasteiger partial charge is 0.338 e. The highest BCUT2D eigenvalue weighted by atomic mass is 32.2. The number of thioether (sulfide) groups is 1. The van der Waals surface area contributed by atoms with Gasteiger partial charge in [-0.2, -0.15) is 0 Å². The molecule has 7 nitrogen and oxygen atoms in total. The lowest BCUT2D eigenvalue weighted by molar-refractivity contribution is -0.129. The van der Waals surface area contributed by atoms with E-state index in [0.717, 1.165) is 5.56 Å². The van der Waals surface area contributed by atoms with Crippen LogP contribution >= 0.6 is 11.8 Å². The number of carbonyl (C=O) groups excluding carboxylic acids is 3. The highest BCUT2D eigenvalue weighted by Crippen LogP contribution is 2.30. The number of rotatable bonds is 8. The fourth-order valence-electron chi connectivity index (χ4n) is 3.69. The zero-order chi connectivity index (χ0) is 25.3. The highest BCUT2D eigenvalue weighted by Gasteiger charge is 2.35. The molecule has 1 fully saturated rings. The van der Waals surface area contributed by atoms with Crippen molar-refractivity contribution in [3.05, 3.63) is 96.1 Å². The molecule has 4 rings (SSSR count). The van der Waals surface area contributed by atoms with Crippen LogP contribution < -0.4 is 5.32 Å². The lowest BCUT2D eigenvalue weighted by atomic mass is 10.1. The number of amidine groups is 1. The van der Waals surface area contributed by atoms with Crippen molar-refractivity contribution >= 4 is 46.1 Å². The van der Waals surface area contributed by atoms with Crippen molar-refractivity contribution < 1.29 is 19.1 Å². The number of nitrogens with zero attached hydrogens (tertiary/aromatic N) is 2. The summed E-state index contributed by atoms with van der Waals surface area (Å²) in [6.07, 6.45) is 0.755. The van der Waals surface area contributed by atoms with Crippen LogP contribution in [-0.2, 0) is 20.7 Å². The molecule has 8 heteroatoms. The predicted octanol–water partition coefficient (Wildman–Crippen LogP) is 5.07. The molecule has 1 heterocycles. The lowest BCUT2D eigenvalue weighted by Crippen LogP contribution is -2.46. The normalized spacial score (nSPS) is 16.6. The fourth-order valence-corrected chi connectivity index (χ4v) is 4.81. The van der Waals surface area contributed by atoms with Gasteiger partial charge in [-0.1, -0.05) is 60.3 Å². The van der Waals surface area contributed by atoms with Gasteiger partial charge in [0.1, 0.15) is 5.25 Å². The van der Waals surface area contributed by atoms with E-state index in [1.165, 1.54) is 11.8 Å². The zero-order valence-corrected chi connectivity index (χ0v) is 20.7. The number of amides is 2. The van der Waals surface area contributed by atoms with Crippen molar-refractivity contribution in [1.82, 2.24) is 4.90 Å². The Balaban J connectivity index is 1.48. The molecule has 0 bridgehead atoms. The lowest BCUT2D eigenvalue weighted by Gasteiger charge is -2.32. The maximum absolute atomic E-state index is 13.2. The minimum atomic E-state index is -0.627. The number of hydrogen-bond acceptors (Lipinski definition) is 6. The average Bonchev–Trinajstić information content (AvgIpc) is 2.90. The number of hydrogen-bond donors (Lipinski definition) is 1. The summed E-state index contributed by atoms with van der Waals surface area (Å²) in [5, 5.41) is 2.73. The molecule has 3 aromatic rings. The molecule has 184 valence electrons. The summed E-state index contributed by atoms with van der Waals surface area (Å²) in [5.41, 5.74) is 2.78. The fraction of sp³-hybridized carbons (Fsp3) is 0.214. The van der Waals surface area contributed by atoms with Crippen molar-refractivity contribution in [2.45, 2.75) is 25.0 Å². The Labute approximate surface area is 214 Å². The first-order chi connectivity index (χ1) is 17.5. The van der Waals surface area contributed by atoms with E-state index >= 15 is 0 Å². The van der Waals surface area contributed by atoms with Crippen LogP contribution in [0, 0.1) is 0 Å². The van der Waals surface area contributed by atoms with Crippen LogP contribution in [0.2, 0.25) is 0 Å². The second-order valence-corrected chi connectivity index (χ2v) is 9.28. The number of carbonyl (C=O) groups is 3. The molecule has 1 atom stereocenters. The van der Waals surface area contributed by atoms with E-state index in [-0.39, 0.29) is 18.2 Å². The van der Waals surface area contributed by atoms with E-state index in [1.54, 1.807) is 36.1 Å². The van der Waals surface area contributed by atoms with Gasteiger partial charge in [-0.3, -0.25) is 14.5 Å². The summed E-state index contributed by atoms with van der Waals surface area (Å²) >= 11 is 1.28. The molecule has 0 unspecified atom stereocenters. The van der Waals surface area contributed by atoms with E-state index in [1.807, 2.05) is 60.7 Å². The van der Waals surface area contributed by atoms with E-state index in [4.69, 9.17) is 9.73 Å². The third kappa shape index (κ3) is 6.60. The summed E-state index contributed by atoms with van der Waals surface area (Å²) in [5.74, 6) is -0.848. The Morgan fingerprint density at radius 1 is 1.00 bits per heavy atom. The van der Waals surface area contributed by atoms with Crippen molar-refractivity contribution in [3.63, 3.8) is 0 Å². The van der Waals surface area contributed by atoms with Gasteiger partial charge in [0.2, 0.25) is 11.8 Å². The zero-order valence-electron chi connectivity index (χ0n) is 19.9. The summed E-state index contributed by atoms with van der Waals surface area (Å²) < 4.78 is 4.99. The number of esters is 1. The molecule has 1 saturated heterocycles. The van der Waals surface area contributed by atoms with Gasteiger partial charge < -0.3 is 10.1 Å². The molecule has 1 aliphatic heterocycles. The number of benzene rings is 3. The highest BCUT2D eigenvalue weighted by molar-refractivity contribution is 8.15. The molecule has 0 spiro atoms. The van der Waals surface area contributed by atoms with Gasteiger partial charge in [-0.05, 0) is 55.3 Å². The first-order valence-electron chi connectivity index (χ1n) is 11.8. The first-order valence-corrected chi connectivity index (χ1v) is 12.6. The van der Waals surface area contributed by atoms with Gasteiger partial charge in [-0.25, -0.2) is 9.79 Å². The molecule has 0 saturated carbocycles. The number of para-hydroxylation sites is 1. The second kappa shape index (κ2) is 12.2. The monoisotopic (exact) mass is 501 g/mol. The molecule has 2 amide bonds. The van der Waals surface area contributed by atoms with Gasteiger partial charge in [0.25, 0.3) is 0 Å². The van der Waals surface area contributed by atoms with Crippen molar-refractivity contribution in [1.29, 1.82) is 0 Å². The first kappa shape index (κ1) is 25.2. The van der Waals surface area contributed by atoms with Gasteiger partial charge in [0.15, 0.2) is 5.17 Å². The van der Waals surface area contributed by atoms with Crippen LogP contribution in [0.5, 0.6) is 0 Å². The largest absolute Gasteiger partial charge is 0.462 e.